The highest BCUT2D eigenvalue weighted by molar-refractivity contribution is 6.03. The normalized spacial score (nSPS) is 13.3. The van der Waals surface area contributed by atoms with Gasteiger partial charge in [-0.1, -0.05) is 12.1 Å². The van der Waals surface area contributed by atoms with Crippen LogP contribution in [0.4, 0.5) is 36.3 Å². The van der Waals surface area contributed by atoms with Gasteiger partial charge < -0.3 is 21.3 Å². The Kier molecular flexibility index (Phi) is 5.45. The van der Waals surface area contributed by atoms with E-state index in [9.17, 15) is 18.0 Å². The van der Waals surface area contributed by atoms with Crippen LogP contribution in [0.1, 0.15) is 17.5 Å². The molecule has 1 aromatic heterocycles. The smallest absolute Gasteiger partial charge is 0.369 e. The Morgan fingerprint density at radius 3 is 2.81 bits per heavy atom. The van der Waals surface area contributed by atoms with E-state index in [1.165, 1.54) is 0 Å². The zero-order valence-corrected chi connectivity index (χ0v) is 14.6. The van der Waals surface area contributed by atoms with Crippen LogP contribution in [0.2, 0.25) is 0 Å². The lowest BCUT2D eigenvalue weighted by molar-refractivity contribution is -0.137. The van der Waals surface area contributed by atoms with Crippen molar-refractivity contribution in [2.45, 2.75) is 19.0 Å². The fourth-order valence-electron chi connectivity index (χ4n) is 2.73. The zero-order chi connectivity index (χ0) is 19.4. The highest BCUT2D eigenvalue weighted by atomic mass is 19.4. The summed E-state index contributed by atoms with van der Waals surface area (Å²) in [5.41, 5.74) is 1.00. The molecule has 0 radical (unpaired) electrons. The first kappa shape index (κ1) is 18.9. The van der Waals surface area contributed by atoms with Gasteiger partial charge >= 0.3 is 6.18 Å². The number of nitrogens with zero attached hydrogens (tertiary/aromatic N) is 2. The van der Waals surface area contributed by atoms with E-state index < -0.39 is 11.7 Å². The van der Waals surface area contributed by atoms with Crippen LogP contribution in [0.5, 0.6) is 0 Å². The first-order valence-corrected chi connectivity index (χ1v) is 8.40. The third-order valence-electron chi connectivity index (χ3n) is 4.00. The molecule has 10 heteroatoms. The van der Waals surface area contributed by atoms with Crippen molar-refractivity contribution in [3.8, 4) is 0 Å². The number of nitrogens with one attached hydrogen (secondary N) is 4. The molecule has 144 valence electrons. The lowest BCUT2D eigenvalue weighted by Crippen LogP contribution is -2.17. The van der Waals surface area contributed by atoms with Crippen LogP contribution in [-0.2, 0) is 17.4 Å². The number of aromatic nitrogens is 2. The molecule has 0 saturated carbocycles. The molecule has 0 bridgehead atoms. The van der Waals surface area contributed by atoms with Gasteiger partial charge in [0.2, 0.25) is 11.9 Å². The molecule has 1 aliphatic heterocycles. The molecule has 7 nitrogen and oxygen atoms in total. The summed E-state index contributed by atoms with van der Waals surface area (Å²) >= 11 is 0. The maximum atomic E-state index is 13.2. The molecule has 3 rings (SSSR count). The van der Waals surface area contributed by atoms with Crippen LogP contribution >= 0.6 is 0 Å². The Morgan fingerprint density at radius 1 is 1.26 bits per heavy atom. The molecule has 0 atom stereocenters. The second-order valence-electron chi connectivity index (χ2n) is 6.03. The van der Waals surface area contributed by atoms with E-state index in [0.29, 0.717) is 30.9 Å². The van der Waals surface area contributed by atoms with Crippen molar-refractivity contribution in [2.24, 2.45) is 0 Å². The summed E-state index contributed by atoms with van der Waals surface area (Å²) in [6.45, 7) is 0.998. The summed E-state index contributed by atoms with van der Waals surface area (Å²) in [4.78, 5) is 19.3. The van der Waals surface area contributed by atoms with Gasteiger partial charge in [0.15, 0.2) is 0 Å². The molecule has 1 aromatic carbocycles. The third kappa shape index (κ3) is 4.45. The predicted octanol–water partition coefficient (Wildman–Crippen LogP) is 2.75. The second-order valence-corrected chi connectivity index (χ2v) is 6.03. The van der Waals surface area contributed by atoms with Crippen molar-refractivity contribution < 1.29 is 18.0 Å². The molecule has 27 heavy (non-hydrogen) atoms. The highest BCUT2D eigenvalue weighted by Gasteiger charge is 2.35. The summed E-state index contributed by atoms with van der Waals surface area (Å²) in [7, 11) is 1.77. The number of carbonyl (C=O) groups excluding carboxylic acids is 1. The van der Waals surface area contributed by atoms with Crippen molar-refractivity contribution >= 4 is 29.0 Å². The number of amides is 1. The molecule has 2 heterocycles. The lowest BCUT2D eigenvalue weighted by Gasteiger charge is -2.15. The van der Waals surface area contributed by atoms with E-state index >= 15 is 0 Å². The van der Waals surface area contributed by atoms with E-state index in [0.717, 1.165) is 11.8 Å². The fourth-order valence-corrected chi connectivity index (χ4v) is 2.73. The summed E-state index contributed by atoms with van der Waals surface area (Å²) in [5.74, 6) is -0.416. The molecular weight excluding hydrogens is 361 g/mol. The minimum atomic E-state index is -4.56. The number of fused-ring (bicyclic) bond motifs is 1. The Labute approximate surface area is 153 Å². The summed E-state index contributed by atoms with van der Waals surface area (Å²) in [6.07, 6.45) is -2.92. The van der Waals surface area contributed by atoms with E-state index in [1.54, 1.807) is 25.2 Å². The van der Waals surface area contributed by atoms with Crippen molar-refractivity contribution in [3.63, 3.8) is 0 Å². The van der Waals surface area contributed by atoms with Crippen LogP contribution in [0.25, 0.3) is 0 Å². The monoisotopic (exact) mass is 380 g/mol. The number of carbonyl (C=O) groups is 1. The molecule has 4 N–H and O–H groups in total. The number of benzene rings is 1. The van der Waals surface area contributed by atoms with Crippen molar-refractivity contribution in [1.82, 2.24) is 15.3 Å². The van der Waals surface area contributed by atoms with E-state index in [2.05, 4.69) is 31.2 Å². The zero-order valence-electron chi connectivity index (χ0n) is 14.6. The van der Waals surface area contributed by atoms with E-state index in [-0.39, 0.29) is 24.1 Å². The van der Waals surface area contributed by atoms with Gasteiger partial charge in [0.1, 0.15) is 11.4 Å². The number of alkyl halides is 3. The van der Waals surface area contributed by atoms with Crippen molar-refractivity contribution in [1.29, 1.82) is 0 Å². The van der Waals surface area contributed by atoms with E-state index in [4.69, 9.17) is 0 Å². The first-order valence-electron chi connectivity index (χ1n) is 8.40. The topological polar surface area (TPSA) is 91.0 Å². The lowest BCUT2D eigenvalue weighted by atomic mass is 10.1. The van der Waals surface area contributed by atoms with Crippen LogP contribution in [0.3, 0.4) is 0 Å². The minimum absolute atomic E-state index is 0.00802. The van der Waals surface area contributed by atoms with Crippen LogP contribution in [0.15, 0.2) is 24.4 Å². The maximum absolute atomic E-state index is 13.2. The number of para-hydroxylation sites is 1. The number of hydrogen-bond acceptors (Lipinski definition) is 6. The molecule has 1 aliphatic rings. The number of halogens is 3. The molecule has 0 fully saturated rings. The number of hydrogen-bond donors (Lipinski definition) is 4. The average Bonchev–Trinajstić information content (AvgIpc) is 2.99. The van der Waals surface area contributed by atoms with Gasteiger partial charge in [0.25, 0.3) is 0 Å². The molecular formula is C17H19F3N6O. The predicted molar refractivity (Wildman–Crippen MR) is 96.1 cm³/mol. The van der Waals surface area contributed by atoms with Gasteiger partial charge in [-0.3, -0.25) is 4.79 Å². The molecule has 0 saturated heterocycles. The number of rotatable bonds is 7. The largest absolute Gasteiger partial charge is 0.421 e. The van der Waals surface area contributed by atoms with Gasteiger partial charge in [-0.15, -0.1) is 0 Å². The Morgan fingerprint density at radius 2 is 2.07 bits per heavy atom. The third-order valence-corrected chi connectivity index (χ3v) is 4.00. The van der Waals surface area contributed by atoms with Crippen LogP contribution in [0, 0.1) is 0 Å². The molecule has 1 amide bonds. The van der Waals surface area contributed by atoms with E-state index in [1.807, 2.05) is 0 Å². The molecule has 2 aromatic rings. The Bertz CT molecular complexity index is 840. The van der Waals surface area contributed by atoms with Gasteiger partial charge in [-0.2, -0.15) is 18.2 Å². The van der Waals surface area contributed by atoms with Gasteiger partial charge in [-0.25, -0.2) is 4.98 Å². The summed E-state index contributed by atoms with van der Waals surface area (Å²) < 4.78 is 39.6. The van der Waals surface area contributed by atoms with Gasteiger partial charge in [0, 0.05) is 12.7 Å². The summed E-state index contributed by atoms with van der Waals surface area (Å²) in [5, 5.41) is 11.3. The minimum Gasteiger partial charge on any atom is -0.369 e. The van der Waals surface area contributed by atoms with Crippen molar-refractivity contribution in [2.75, 3.05) is 36.1 Å². The standard InChI is InChI=1S/C17H19F3N6O/c1-21-6-3-7-22-15-11(17(18,19)20)9-23-16(26-15)24-12-5-2-4-10-8-13(27)25-14(10)12/h2,4-5,9,21H,3,6-8H2,1H3,(H,25,27)(H2,22,23,24,26). The van der Waals surface area contributed by atoms with Crippen LogP contribution in [-0.4, -0.2) is 36.0 Å². The molecule has 0 aliphatic carbocycles. The second kappa shape index (κ2) is 7.78. The van der Waals surface area contributed by atoms with Crippen molar-refractivity contribution in [3.05, 3.63) is 35.5 Å². The molecule has 0 unspecified atom stereocenters. The highest BCUT2D eigenvalue weighted by Crippen LogP contribution is 2.35. The quantitative estimate of drug-likeness (QED) is 0.552. The maximum Gasteiger partial charge on any atom is 0.421 e. The first-order chi connectivity index (χ1) is 12.9. The average molecular weight is 380 g/mol. The number of anilines is 4. The molecule has 0 spiro atoms. The van der Waals surface area contributed by atoms with Gasteiger partial charge in [-0.05, 0) is 31.6 Å². The van der Waals surface area contributed by atoms with Crippen LogP contribution < -0.4 is 21.3 Å². The SMILES string of the molecule is CNCCCNc1nc(Nc2cccc3c2NC(=O)C3)ncc1C(F)(F)F. The van der Waals surface area contributed by atoms with Gasteiger partial charge in [0.05, 0.1) is 17.8 Å². The summed E-state index contributed by atoms with van der Waals surface area (Å²) in [6, 6.07) is 5.26. The Hall–Kier alpha value is -2.88. The Balaban J connectivity index is 1.84. The fraction of sp³-hybridized carbons (Fsp3) is 0.353.